The van der Waals surface area contributed by atoms with Crippen molar-refractivity contribution in [2.45, 2.75) is 90.4 Å². The molecule has 0 unspecified atom stereocenters. The first-order chi connectivity index (χ1) is 11.9. The lowest BCUT2D eigenvalue weighted by Crippen LogP contribution is -2.43. The molecule has 0 aromatic rings. The molecule has 0 aliphatic carbocycles. The maximum Gasteiger partial charge on any atom is 0.0107 e. The molecule has 2 nitrogen and oxygen atoms in total. The first-order valence-electron chi connectivity index (χ1n) is 10.9. The minimum atomic E-state index is 0. The predicted molar refractivity (Wildman–Crippen MR) is 128 cm³/mol. The van der Waals surface area contributed by atoms with Crippen molar-refractivity contribution in [1.29, 1.82) is 0 Å². The third kappa shape index (κ3) is 18.1. The molecule has 1 rings (SSSR count). The molecule has 1 N–H and O–H groups in total. The van der Waals surface area contributed by atoms with Crippen LogP contribution in [0.15, 0.2) is 0 Å². The lowest BCUT2D eigenvalue weighted by atomic mass is 10.1. The molecule has 25 heavy (non-hydrogen) atoms. The SMILES string of the molecule is CCCCCCCCCCCCCCSCCCN1CCNCC1.I. The first kappa shape index (κ1) is 26.0. The molecule has 1 fully saturated rings. The standard InChI is InChI=1S/C21H44N2S.HI/c1-2-3-4-5-6-7-8-9-10-11-12-13-20-24-21-14-17-23-18-15-22-16-19-23;/h22H,2-21H2,1H3;1H. The Morgan fingerprint density at radius 1 is 0.680 bits per heavy atom. The number of unbranched alkanes of at least 4 members (excludes halogenated alkanes) is 11. The summed E-state index contributed by atoms with van der Waals surface area (Å²) in [5.74, 6) is 2.75. The van der Waals surface area contributed by atoms with Gasteiger partial charge in [-0.25, -0.2) is 0 Å². The minimum absolute atomic E-state index is 0. The zero-order valence-corrected chi connectivity index (χ0v) is 20.1. The molecule has 4 heteroatoms. The molecule has 1 aliphatic rings. The second kappa shape index (κ2) is 21.3. The molecule has 0 aromatic carbocycles. The minimum Gasteiger partial charge on any atom is -0.314 e. The van der Waals surface area contributed by atoms with Crippen LogP contribution in [0.2, 0.25) is 0 Å². The quantitative estimate of drug-likeness (QED) is 0.192. The van der Waals surface area contributed by atoms with Crippen LogP contribution < -0.4 is 5.32 Å². The fourth-order valence-electron chi connectivity index (χ4n) is 3.47. The molecular formula is C21H45IN2S. The van der Waals surface area contributed by atoms with Crippen LogP contribution >= 0.6 is 35.7 Å². The van der Waals surface area contributed by atoms with Crippen molar-refractivity contribution in [3.05, 3.63) is 0 Å². The number of hydrogen-bond donors (Lipinski definition) is 1. The van der Waals surface area contributed by atoms with Gasteiger partial charge in [-0.15, -0.1) is 24.0 Å². The van der Waals surface area contributed by atoms with Crippen molar-refractivity contribution >= 4 is 35.7 Å². The van der Waals surface area contributed by atoms with Gasteiger partial charge < -0.3 is 10.2 Å². The molecule has 0 saturated carbocycles. The number of nitrogens with zero attached hydrogens (tertiary/aromatic N) is 1. The van der Waals surface area contributed by atoms with Gasteiger partial charge in [-0.05, 0) is 30.9 Å². The zero-order chi connectivity index (χ0) is 17.1. The van der Waals surface area contributed by atoms with Crippen molar-refractivity contribution in [2.75, 3.05) is 44.2 Å². The Kier molecular flexibility index (Phi) is 22.2. The normalized spacial score (nSPS) is 15.2. The first-order valence-corrected chi connectivity index (χ1v) is 12.1. The number of piperazine rings is 1. The Morgan fingerprint density at radius 2 is 1.16 bits per heavy atom. The van der Waals surface area contributed by atoms with Gasteiger partial charge in [0.15, 0.2) is 0 Å². The van der Waals surface area contributed by atoms with Gasteiger partial charge in [-0.3, -0.25) is 0 Å². The van der Waals surface area contributed by atoms with Crippen LogP contribution in [0, 0.1) is 0 Å². The summed E-state index contributed by atoms with van der Waals surface area (Å²) in [6, 6.07) is 0. The van der Waals surface area contributed by atoms with Gasteiger partial charge in [0.2, 0.25) is 0 Å². The molecular weight excluding hydrogens is 439 g/mol. The van der Waals surface area contributed by atoms with Gasteiger partial charge in [0.25, 0.3) is 0 Å². The van der Waals surface area contributed by atoms with E-state index in [1.807, 2.05) is 0 Å². The van der Waals surface area contributed by atoms with E-state index in [0.29, 0.717) is 0 Å². The third-order valence-corrected chi connectivity index (χ3v) is 6.27. The van der Waals surface area contributed by atoms with Gasteiger partial charge in [-0.1, -0.05) is 77.6 Å². The van der Waals surface area contributed by atoms with Crippen molar-refractivity contribution in [2.24, 2.45) is 0 Å². The molecule has 0 bridgehead atoms. The van der Waals surface area contributed by atoms with Gasteiger partial charge in [0, 0.05) is 26.2 Å². The predicted octanol–water partition coefficient (Wildman–Crippen LogP) is 6.33. The summed E-state index contributed by atoms with van der Waals surface area (Å²) in [4.78, 5) is 2.61. The maximum atomic E-state index is 3.42. The van der Waals surface area contributed by atoms with Gasteiger partial charge >= 0.3 is 0 Å². The van der Waals surface area contributed by atoms with E-state index < -0.39 is 0 Å². The highest BCUT2D eigenvalue weighted by molar-refractivity contribution is 14.0. The van der Waals surface area contributed by atoms with Gasteiger partial charge in [-0.2, -0.15) is 11.8 Å². The summed E-state index contributed by atoms with van der Waals surface area (Å²) in [6.07, 6.45) is 18.9. The summed E-state index contributed by atoms with van der Waals surface area (Å²) in [5, 5.41) is 3.42. The monoisotopic (exact) mass is 484 g/mol. The Morgan fingerprint density at radius 3 is 1.72 bits per heavy atom. The van der Waals surface area contributed by atoms with Gasteiger partial charge in [0.05, 0.1) is 0 Å². The van der Waals surface area contributed by atoms with Crippen molar-refractivity contribution < 1.29 is 0 Å². The highest BCUT2D eigenvalue weighted by Crippen LogP contribution is 2.13. The van der Waals surface area contributed by atoms with Crippen LogP contribution in [0.4, 0.5) is 0 Å². The van der Waals surface area contributed by atoms with Crippen LogP contribution in [0.3, 0.4) is 0 Å². The van der Waals surface area contributed by atoms with Crippen molar-refractivity contribution in [3.63, 3.8) is 0 Å². The number of thioether (sulfide) groups is 1. The van der Waals surface area contributed by atoms with E-state index in [-0.39, 0.29) is 24.0 Å². The molecule has 1 heterocycles. The van der Waals surface area contributed by atoms with E-state index in [1.165, 1.54) is 128 Å². The fraction of sp³-hybridized carbons (Fsp3) is 1.00. The van der Waals surface area contributed by atoms with E-state index in [9.17, 15) is 0 Å². The molecule has 0 spiro atoms. The second-order valence-corrected chi connectivity index (χ2v) is 8.67. The summed E-state index contributed by atoms with van der Waals surface area (Å²) in [5.41, 5.74) is 0. The Bertz CT molecular complexity index is 248. The van der Waals surface area contributed by atoms with E-state index in [1.54, 1.807) is 0 Å². The van der Waals surface area contributed by atoms with E-state index in [0.717, 1.165) is 0 Å². The average molecular weight is 485 g/mol. The van der Waals surface area contributed by atoms with E-state index >= 15 is 0 Å². The van der Waals surface area contributed by atoms with Gasteiger partial charge in [0.1, 0.15) is 0 Å². The summed E-state index contributed by atoms with van der Waals surface area (Å²) >= 11 is 2.18. The Balaban J connectivity index is 0.00000576. The Hall–Kier alpha value is 1.00. The highest BCUT2D eigenvalue weighted by atomic mass is 127. The Labute approximate surface area is 180 Å². The van der Waals surface area contributed by atoms with E-state index in [2.05, 4.69) is 28.9 Å². The highest BCUT2D eigenvalue weighted by Gasteiger charge is 2.07. The van der Waals surface area contributed by atoms with Crippen LogP contribution in [0.1, 0.15) is 90.4 Å². The molecule has 152 valence electrons. The third-order valence-electron chi connectivity index (χ3n) is 5.11. The summed E-state index contributed by atoms with van der Waals surface area (Å²) < 4.78 is 0. The topological polar surface area (TPSA) is 15.3 Å². The maximum absolute atomic E-state index is 3.42. The van der Waals surface area contributed by atoms with Crippen LogP contribution in [-0.4, -0.2) is 49.1 Å². The summed E-state index contributed by atoms with van der Waals surface area (Å²) in [6.45, 7) is 8.49. The molecule has 1 aliphatic heterocycles. The lowest BCUT2D eigenvalue weighted by Gasteiger charge is -2.26. The molecule has 0 amide bonds. The summed E-state index contributed by atoms with van der Waals surface area (Å²) in [7, 11) is 0. The second-order valence-electron chi connectivity index (χ2n) is 7.45. The van der Waals surface area contributed by atoms with Crippen LogP contribution in [-0.2, 0) is 0 Å². The molecule has 0 atom stereocenters. The number of hydrogen-bond acceptors (Lipinski definition) is 3. The molecule has 0 radical (unpaired) electrons. The van der Waals surface area contributed by atoms with Crippen molar-refractivity contribution in [3.8, 4) is 0 Å². The van der Waals surface area contributed by atoms with Crippen molar-refractivity contribution in [1.82, 2.24) is 10.2 Å². The van der Waals surface area contributed by atoms with E-state index in [4.69, 9.17) is 0 Å². The fourth-order valence-corrected chi connectivity index (χ4v) is 4.42. The lowest BCUT2D eigenvalue weighted by molar-refractivity contribution is 0.242. The molecule has 0 aromatic heterocycles. The number of rotatable bonds is 17. The largest absolute Gasteiger partial charge is 0.314 e. The average Bonchev–Trinajstić information content (AvgIpc) is 2.62. The number of nitrogens with one attached hydrogen (secondary N) is 1. The van der Waals surface area contributed by atoms with Crippen LogP contribution in [0.25, 0.3) is 0 Å². The smallest absolute Gasteiger partial charge is 0.0107 e. The molecule has 1 saturated heterocycles. The number of halogens is 1. The van der Waals surface area contributed by atoms with Crippen LogP contribution in [0.5, 0.6) is 0 Å². The zero-order valence-electron chi connectivity index (χ0n) is 16.9.